The zero-order valence-electron chi connectivity index (χ0n) is 14.8. The highest BCUT2D eigenvalue weighted by Gasteiger charge is 2.34. The summed E-state index contributed by atoms with van der Waals surface area (Å²) in [4.78, 5) is 10.9. The number of ether oxygens (including phenoxy) is 1. The highest BCUT2D eigenvalue weighted by atomic mass is 16.5. The largest absolute Gasteiger partial charge is 0.377 e. The lowest BCUT2D eigenvalue weighted by Gasteiger charge is -2.20. The van der Waals surface area contributed by atoms with Gasteiger partial charge in [0.15, 0.2) is 0 Å². The van der Waals surface area contributed by atoms with Crippen LogP contribution in [0.5, 0.6) is 0 Å². The number of hydrogen-bond donors (Lipinski definition) is 2. The maximum atomic E-state index is 5.72. The first-order valence-corrected chi connectivity index (χ1v) is 8.54. The normalized spacial score (nSPS) is 19.7. The fourth-order valence-electron chi connectivity index (χ4n) is 3.31. The van der Waals surface area contributed by atoms with Crippen LogP contribution in [0.4, 0.5) is 17.5 Å². The summed E-state index contributed by atoms with van der Waals surface area (Å²) in [5.74, 6) is 1.49. The molecule has 26 heavy (non-hydrogen) atoms. The molecule has 1 saturated heterocycles. The first-order valence-electron chi connectivity index (χ1n) is 8.54. The number of benzene rings is 1. The minimum absolute atomic E-state index is 0.0370. The van der Waals surface area contributed by atoms with Crippen LogP contribution >= 0.6 is 0 Å². The molecule has 0 saturated carbocycles. The van der Waals surface area contributed by atoms with E-state index < -0.39 is 0 Å². The van der Waals surface area contributed by atoms with E-state index in [0.29, 0.717) is 5.95 Å². The maximum Gasteiger partial charge on any atom is 0.224 e. The molecule has 2 aromatic heterocycles. The van der Waals surface area contributed by atoms with Crippen molar-refractivity contribution in [2.75, 3.05) is 42.8 Å². The van der Waals surface area contributed by atoms with Crippen molar-refractivity contribution in [3.05, 3.63) is 42.7 Å². The lowest BCUT2D eigenvalue weighted by Crippen LogP contribution is -2.33. The lowest BCUT2D eigenvalue weighted by molar-refractivity contribution is 0.113. The van der Waals surface area contributed by atoms with Gasteiger partial charge in [0.05, 0.1) is 29.5 Å². The van der Waals surface area contributed by atoms with Gasteiger partial charge >= 0.3 is 0 Å². The number of nitrogens with one attached hydrogen (secondary N) is 2. The second kappa shape index (κ2) is 7.09. The van der Waals surface area contributed by atoms with E-state index in [0.717, 1.165) is 35.5 Å². The Balaban J connectivity index is 1.58. The molecule has 2 N–H and O–H groups in total. The van der Waals surface area contributed by atoms with Crippen LogP contribution in [0.3, 0.4) is 0 Å². The predicted molar refractivity (Wildman–Crippen MR) is 102 cm³/mol. The highest BCUT2D eigenvalue weighted by molar-refractivity contribution is 5.90. The molecule has 2 atom stereocenters. The zero-order valence-corrected chi connectivity index (χ0v) is 14.8. The minimum Gasteiger partial charge on any atom is -0.377 e. The van der Waals surface area contributed by atoms with Gasteiger partial charge in [-0.2, -0.15) is 15.2 Å². The highest BCUT2D eigenvalue weighted by Crippen LogP contribution is 2.26. The van der Waals surface area contributed by atoms with Gasteiger partial charge in [-0.25, -0.2) is 4.98 Å². The summed E-state index contributed by atoms with van der Waals surface area (Å²) in [7, 11) is 3.55. The molecule has 0 bridgehead atoms. The average molecular weight is 351 g/mol. The Bertz CT molecular complexity index is 898. The van der Waals surface area contributed by atoms with E-state index in [2.05, 4.69) is 35.7 Å². The number of hydrogen-bond acceptors (Lipinski definition) is 8. The van der Waals surface area contributed by atoms with Gasteiger partial charge in [-0.05, 0) is 12.1 Å². The molecular weight excluding hydrogens is 330 g/mol. The third-order valence-corrected chi connectivity index (χ3v) is 4.64. The summed E-state index contributed by atoms with van der Waals surface area (Å²) in [6.45, 7) is 1.53. The van der Waals surface area contributed by atoms with Crippen LogP contribution < -0.4 is 15.5 Å². The average Bonchev–Trinajstić information content (AvgIpc) is 3.11. The van der Waals surface area contributed by atoms with Crippen molar-refractivity contribution in [2.24, 2.45) is 0 Å². The van der Waals surface area contributed by atoms with Crippen molar-refractivity contribution in [1.82, 2.24) is 20.2 Å². The molecule has 8 nitrogen and oxygen atoms in total. The smallest absolute Gasteiger partial charge is 0.224 e. The first kappa shape index (κ1) is 16.5. The van der Waals surface area contributed by atoms with Crippen LogP contribution in [0.1, 0.15) is 0 Å². The second-order valence-electron chi connectivity index (χ2n) is 6.19. The van der Waals surface area contributed by atoms with Gasteiger partial charge in [0, 0.05) is 38.8 Å². The zero-order chi connectivity index (χ0) is 17.9. The third kappa shape index (κ3) is 3.11. The summed E-state index contributed by atoms with van der Waals surface area (Å²) >= 11 is 0. The number of methoxy groups -OCH3 is 1. The number of rotatable bonds is 5. The molecule has 0 unspecified atom stereocenters. The van der Waals surface area contributed by atoms with E-state index >= 15 is 0 Å². The molecular formula is C18H21N7O. The van der Waals surface area contributed by atoms with E-state index in [1.54, 1.807) is 19.5 Å². The monoisotopic (exact) mass is 351 g/mol. The molecule has 0 amide bonds. The van der Waals surface area contributed by atoms with Crippen LogP contribution in [0.25, 0.3) is 10.9 Å². The van der Waals surface area contributed by atoms with Crippen molar-refractivity contribution < 1.29 is 4.74 Å². The van der Waals surface area contributed by atoms with E-state index in [9.17, 15) is 0 Å². The molecule has 4 rings (SSSR count). The van der Waals surface area contributed by atoms with E-state index in [1.807, 2.05) is 37.4 Å². The van der Waals surface area contributed by atoms with Crippen LogP contribution in [-0.2, 0) is 4.74 Å². The van der Waals surface area contributed by atoms with Crippen molar-refractivity contribution in [3.8, 4) is 0 Å². The molecule has 1 aliphatic rings. The number of fused-ring (bicyclic) bond motifs is 1. The lowest BCUT2D eigenvalue weighted by atomic mass is 10.1. The number of anilines is 3. The Morgan fingerprint density at radius 3 is 2.92 bits per heavy atom. The minimum atomic E-state index is 0.0370. The van der Waals surface area contributed by atoms with E-state index in [1.165, 1.54) is 0 Å². The van der Waals surface area contributed by atoms with E-state index in [4.69, 9.17) is 4.74 Å². The van der Waals surface area contributed by atoms with Crippen molar-refractivity contribution in [3.63, 3.8) is 0 Å². The summed E-state index contributed by atoms with van der Waals surface area (Å²) in [5, 5.41) is 15.9. The van der Waals surface area contributed by atoms with Crippen LogP contribution in [0.15, 0.2) is 42.7 Å². The molecule has 1 fully saturated rings. The Morgan fingerprint density at radius 1 is 1.19 bits per heavy atom. The SMILES string of the molecule is CNc1nccc(N2C[C@H](OC)[C@H](Nc3cnnc4ccccc34)C2)n1. The Labute approximate surface area is 151 Å². The fourth-order valence-corrected chi connectivity index (χ4v) is 3.31. The summed E-state index contributed by atoms with van der Waals surface area (Å²) < 4.78 is 5.72. The van der Waals surface area contributed by atoms with Gasteiger partial charge in [0.1, 0.15) is 5.82 Å². The Morgan fingerprint density at radius 2 is 2.08 bits per heavy atom. The van der Waals surface area contributed by atoms with E-state index in [-0.39, 0.29) is 12.1 Å². The van der Waals surface area contributed by atoms with Gasteiger partial charge in [0.25, 0.3) is 0 Å². The number of aromatic nitrogens is 4. The molecule has 3 heterocycles. The number of nitrogens with zero attached hydrogens (tertiary/aromatic N) is 5. The Hall–Kier alpha value is -3.00. The maximum absolute atomic E-state index is 5.72. The molecule has 1 aromatic carbocycles. The van der Waals surface area contributed by atoms with Crippen molar-refractivity contribution in [2.45, 2.75) is 12.1 Å². The first-order chi connectivity index (χ1) is 12.8. The van der Waals surface area contributed by atoms with Crippen molar-refractivity contribution >= 4 is 28.4 Å². The third-order valence-electron chi connectivity index (χ3n) is 4.64. The van der Waals surface area contributed by atoms with Crippen LogP contribution in [0, 0.1) is 0 Å². The van der Waals surface area contributed by atoms with Crippen LogP contribution in [0.2, 0.25) is 0 Å². The molecule has 3 aromatic rings. The van der Waals surface area contributed by atoms with Gasteiger partial charge in [-0.1, -0.05) is 18.2 Å². The van der Waals surface area contributed by atoms with Gasteiger partial charge in [0.2, 0.25) is 5.95 Å². The Kier molecular flexibility index (Phi) is 4.49. The fraction of sp³-hybridized carbons (Fsp3) is 0.333. The quantitative estimate of drug-likeness (QED) is 0.719. The van der Waals surface area contributed by atoms with Crippen molar-refractivity contribution in [1.29, 1.82) is 0 Å². The van der Waals surface area contributed by atoms with Gasteiger partial charge in [-0.3, -0.25) is 0 Å². The predicted octanol–water partition coefficient (Wildman–Crippen LogP) is 1.78. The molecule has 0 spiro atoms. The summed E-state index contributed by atoms with van der Waals surface area (Å²) in [6, 6.07) is 10.0. The molecule has 134 valence electrons. The molecule has 0 radical (unpaired) electrons. The van der Waals surface area contributed by atoms with Gasteiger partial charge < -0.3 is 20.3 Å². The molecule has 8 heteroatoms. The molecule has 0 aliphatic carbocycles. The summed E-state index contributed by atoms with van der Waals surface area (Å²) in [6.07, 6.45) is 3.56. The van der Waals surface area contributed by atoms with Crippen LogP contribution in [-0.4, -0.2) is 59.6 Å². The standard InChI is InChI=1S/C18H21N7O/c1-19-18-20-8-7-17(23-18)25-10-15(16(11-25)26-2)22-14-9-21-24-13-6-4-3-5-12(13)14/h3-9,15-16H,10-11H2,1-2H3,(H,22,24)(H,19,20,23)/t15-,16+/m1/s1. The molecule has 1 aliphatic heterocycles. The second-order valence-corrected chi connectivity index (χ2v) is 6.19. The topological polar surface area (TPSA) is 88.1 Å². The van der Waals surface area contributed by atoms with Gasteiger partial charge in [-0.15, -0.1) is 0 Å². The summed E-state index contributed by atoms with van der Waals surface area (Å²) in [5.41, 5.74) is 1.83.